The SMILES string of the molecule is C/C(=N/N=C1/NC(=O)C[C@H](C(=O)Nc2ccc(F)cc2)S1)c1ccc(Cl)cc1. The van der Waals surface area contributed by atoms with Crippen LogP contribution in [0.15, 0.2) is 58.7 Å². The molecule has 6 nitrogen and oxygen atoms in total. The Morgan fingerprint density at radius 2 is 1.89 bits per heavy atom. The predicted molar refractivity (Wildman–Crippen MR) is 110 cm³/mol. The third-order valence-electron chi connectivity index (χ3n) is 3.83. The Hall–Kier alpha value is -2.71. The van der Waals surface area contributed by atoms with Crippen molar-refractivity contribution >= 4 is 51.7 Å². The summed E-state index contributed by atoms with van der Waals surface area (Å²) in [5, 5.41) is 13.6. The fourth-order valence-electron chi connectivity index (χ4n) is 2.36. The highest BCUT2D eigenvalue weighted by Crippen LogP contribution is 2.23. The van der Waals surface area contributed by atoms with Crippen LogP contribution in [0.4, 0.5) is 10.1 Å². The molecule has 2 N–H and O–H groups in total. The summed E-state index contributed by atoms with van der Waals surface area (Å²) in [5.74, 6) is -1.08. The normalized spacial score (nSPS) is 18.7. The van der Waals surface area contributed by atoms with E-state index in [2.05, 4.69) is 20.8 Å². The van der Waals surface area contributed by atoms with Gasteiger partial charge in [0, 0.05) is 17.1 Å². The molecule has 0 radical (unpaired) electrons. The third-order valence-corrected chi connectivity index (χ3v) is 5.15. The first-order chi connectivity index (χ1) is 13.4. The van der Waals surface area contributed by atoms with Crippen molar-refractivity contribution in [1.29, 1.82) is 0 Å². The molecule has 1 atom stereocenters. The molecule has 2 aromatic carbocycles. The number of hydrogen-bond acceptors (Lipinski definition) is 5. The summed E-state index contributed by atoms with van der Waals surface area (Å²) in [4.78, 5) is 24.4. The van der Waals surface area contributed by atoms with Gasteiger partial charge < -0.3 is 10.6 Å². The van der Waals surface area contributed by atoms with Gasteiger partial charge in [0.05, 0.1) is 5.71 Å². The number of rotatable bonds is 4. The van der Waals surface area contributed by atoms with Crippen molar-refractivity contribution in [2.75, 3.05) is 5.32 Å². The van der Waals surface area contributed by atoms with E-state index in [0.29, 0.717) is 16.4 Å². The molecule has 9 heteroatoms. The quantitative estimate of drug-likeness (QED) is 0.585. The van der Waals surface area contributed by atoms with Crippen LogP contribution in [-0.4, -0.2) is 27.9 Å². The van der Waals surface area contributed by atoms with Gasteiger partial charge >= 0.3 is 0 Å². The topological polar surface area (TPSA) is 82.9 Å². The van der Waals surface area contributed by atoms with Crippen LogP contribution in [-0.2, 0) is 9.59 Å². The average molecular weight is 419 g/mol. The van der Waals surface area contributed by atoms with Crippen LogP contribution < -0.4 is 10.6 Å². The maximum atomic E-state index is 13.0. The molecule has 1 saturated heterocycles. The molecule has 2 aromatic rings. The number of nitrogens with zero attached hydrogens (tertiary/aromatic N) is 2. The van der Waals surface area contributed by atoms with Crippen molar-refractivity contribution in [3.8, 4) is 0 Å². The molecular formula is C19H16ClFN4O2S. The van der Waals surface area contributed by atoms with Crippen LogP contribution in [0.25, 0.3) is 0 Å². The number of carbonyl (C=O) groups is 2. The average Bonchev–Trinajstić information content (AvgIpc) is 2.68. The minimum atomic E-state index is -0.663. The first kappa shape index (κ1) is 20.0. The maximum absolute atomic E-state index is 13.0. The van der Waals surface area contributed by atoms with Gasteiger partial charge in [-0.2, -0.15) is 5.10 Å². The highest BCUT2D eigenvalue weighted by molar-refractivity contribution is 8.15. The molecule has 1 aliphatic heterocycles. The molecule has 144 valence electrons. The van der Waals surface area contributed by atoms with Crippen LogP contribution in [0.3, 0.4) is 0 Å². The highest BCUT2D eigenvalue weighted by Gasteiger charge is 2.30. The zero-order valence-electron chi connectivity index (χ0n) is 14.8. The van der Waals surface area contributed by atoms with Crippen molar-refractivity contribution in [2.24, 2.45) is 10.2 Å². The van der Waals surface area contributed by atoms with Crippen molar-refractivity contribution in [1.82, 2.24) is 5.32 Å². The number of thioether (sulfide) groups is 1. The third kappa shape index (κ3) is 5.40. The standard InChI is InChI=1S/C19H16ClFN4O2S/c1-11(12-2-4-13(20)5-3-12)24-25-19-23-17(26)10-16(28-19)18(27)22-15-8-6-14(21)7-9-15/h2-9,16H,10H2,1H3,(H,22,27)(H,23,25,26)/b24-11-/t16-/m1/s1. The molecule has 28 heavy (non-hydrogen) atoms. The lowest BCUT2D eigenvalue weighted by molar-refractivity contribution is -0.123. The zero-order valence-corrected chi connectivity index (χ0v) is 16.4. The van der Waals surface area contributed by atoms with Gasteiger partial charge in [0.15, 0.2) is 5.17 Å². The van der Waals surface area contributed by atoms with Gasteiger partial charge in [-0.1, -0.05) is 35.5 Å². The first-order valence-corrected chi connectivity index (χ1v) is 9.57. The molecule has 1 fully saturated rings. The van der Waals surface area contributed by atoms with Crippen molar-refractivity contribution in [3.63, 3.8) is 0 Å². The highest BCUT2D eigenvalue weighted by atomic mass is 35.5. The van der Waals surface area contributed by atoms with E-state index in [9.17, 15) is 14.0 Å². The lowest BCUT2D eigenvalue weighted by atomic mass is 10.1. The van der Waals surface area contributed by atoms with Gasteiger partial charge in [0.1, 0.15) is 11.1 Å². The van der Waals surface area contributed by atoms with E-state index in [1.165, 1.54) is 24.3 Å². The van der Waals surface area contributed by atoms with Crippen LogP contribution in [0.2, 0.25) is 5.02 Å². The minimum Gasteiger partial charge on any atom is -0.325 e. The van der Waals surface area contributed by atoms with E-state index < -0.39 is 11.1 Å². The number of nitrogens with one attached hydrogen (secondary N) is 2. The second kappa shape index (κ2) is 8.99. The van der Waals surface area contributed by atoms with Gasteiger partial charge in [0.2, 0.25) is 11.8 Å². The van der Waals surface area contributed by atoms with Crippen LogP contribution in [0.5, 0.6) is 0 Å². The Morgan fingerprint density at radius 3 is 2.57 bits per heavy atom. The monoisotopic (exact) mass is 418 g/mol. The Morgan fingerprint density at radius 1 is 1.21 bits per heavy atom. The molecule has 0 spiro atoms. The predicted octanol–water partition coefficient (Wildman–Crippen LogP) is 3.82. The smallest absolute Gasteiger partial charge is 0.238 e. The zero-order chi connectivity index (χ0) is 20.1. The number of amides is 2. The summed E-state index contributed by atoms with van der Waals surface area (Å²) in [6.07, 6.45) is 0.0105. The molecule has 0 unspecified atom stereocenters. The molecular weight excluding hydrogens is 403 g/mol. The van der Waals surface area contributed by atoms with Gasteiger partial charge in [-0.15, -0.1) is 5.10 Å². The second-order valence-corrected chi connectivity index (χ2v) is 7.58. The molecule has 3 rings (SSSR count). The summed E-state index contributed by atoms with van der Waals surface area (Å²) >= 11 is 6.98. The maximum Gasteiger partial charge on any atom is 0.238 e. The number of amidine groups is 1. The lowest BCUT2D eigenvalue weighted by Crippen LogP contribution is -2.41. The summed E-state index contributed by atoms with van der Waals surface area (Å²) < 4.78 is 13.0. The van der Waals surface area contributed by atoms with Crippen LogP contribution >= 0.6 is 23.4 Å². The second-order valence-electron chi connectivity index (χ2n) is 5.95. The van der Waals surface area contributed by atoms with Gasteiger partial charge in [0.25, 0.3) is 0 Å². The van der Waals surface area contributed by atoms with E-state index in [1.807, 2.05) is 12.1 Å². The summed E-state index contributed by atoms with van der Waals surface area (Å²) in [7, 11) is 0. The van der Waals surface area contributed by atoms with Crippen LogP contribution in [0, 0.1) is 5.82 Å². The molecule has 2 amide bonds. The number of halogens is 2. The van der Waals surface area contributed by atoms with E-state index in [4.69, 9.17) is 11.6 Å². The van der Waals surface area contributed by atoms with Crippen molar-refractivity contribution in [3.05, 3.63) is 64.9 Å². The van der Waals surface area contributed by atoms with E-state index in [0.717, 1.165) is 17.3 Å². The molecule has 1 heterocycles. The molecule has 0 bridgehead atoms. The summed E-state index contributed by atoms with van der Waals surface area (Å²) in [5.41, 5.74) is 1.93. The summed E-state index contributed by atoms with van der Waals surface area (Å²) in [6.45, 7) is 1.78. The Bertz CT molecular complexity index is 945. The Kier molecular flexibility index (Phi) is 6.43. The van der Waals surface area contributed by atoms with E-state index >= 15 is 0 Å². The number of anilines is 1. The lowest BCUT2D eigenvalue weighted by Gasteiger charge is -2.21. The Labute approximate surface area is 170 Å². The molecule has 1 aliphatic rings. The molecule has 0 saturated carbocycles. The fraction of sp³-hybridized carbons (Fsp3) is 0.158. The number of benzene rings is 2. The minimum absolute atomic E-state index is 0.0105. The van der Waals surface area contributed by atoms with Crippen LogP contribution in [0.1, 0.15) is 18.9 Å². The van der Waals surface area contributed by atoms with E-state index in [-0.39, 0.29) is 23.4 Å². The molecule has 0 aliphatic carbocycles. The Balaban J connectivity index is 1.69. The number of hydrogen-bond donors (Lipinski definition) is 2. The summed E-state index contributed by atoms with van der Waals surface area (Å²) in [6, 6.07) is 12.5. The molecule has 0 aromatic heterocycles. The van der Waals surface area contributed by atoms with Gasteiger partial charge in [-0.3, -0.25) is 9.59 Å². The van der Waals surface area contributed by atoms with E-state index in [1.54, 1.807) is 19.1 Å². The number of carbonyl (C=O) groups excluding carboxylic acids is 2. The first-order valence-electron chi connectivity index (χ1n) is 8.32. The van der Waals surface area contributed by atoms with Crippen molar-refractivity contribution in [2.45, 2.75) is 18.6 Å². The van der Waals surface area contributed by atoms with Crippen molar-refractivity contribution < 1.29 is 14.0 Å². The largest absolute Gasteiger partial charge is 0.325 e. The van der Waals surface area contributed by atoms with Gasteiger partial charge in [-0.05, 0) is 48.9 Å². The fourth-order valence-corrected chi connectivity index (χ4v) is 3.42. The van der Waals surface area contributed by atoms with Gasteiger partial charge in [-0.25, -0.2) is 4.39 Å².